The molecule has 0 spiro atoms. The van der Waals surface area contributed by atoms with Crippen LogP contribution in [0, 0.1) is 0 Å². The molecule has 1 aliphatic heterocycles. The summed E-state index contributed by atoms with van der Waals surface area (Å²) in [7, 11) is 0. The minimum atomic E-state index is -0.685. The highest BCUT2D eigenvalue weighted by molar-refractivity contribution is 6.47. The molecular weight excluding hydrogens is 530 g/mol. The Morgan fingerprint density at radius 2 is 1.60 bits per heavy atom. The minimum absolute atomic E-state index is 0.0330. The van der Waals surface area contributed by atoms with E-state index < -0.39 is 11.7 Å². The second kappa shape index (κ2) is 12.2. The van der Waals surface area contributed by atoms with E-state index in [0.29, 0.717) is 17.1 Å². The molecule has 6 rings (SSSR count). The Morgan fingerprint density at radius 3 is 2.36 bits per heavy atom. The average Bonchev–Trinajstić information content (AvgIpc) is 3.44. The van der Waals surface area contributed by atoms with Crippen LogP contribution in [-0.2, 0) is 4.79 Å². The van der Waals surface area contributed by atoms with E-state index in [2.05, 4.69) is 20.1 Å². The number of hydrogen-bond donors (Lipinski definition) is 2. The standard InChI is InChI=1S/C33H31N5O4/c39-20-21-42-28-13-14-34-30(23-28)37-18-16-36(17-19-37)26-11-9-25(10-12-26)35-33(41)32(40)31-29(24-6-2-1-3-7-24)22-27-8-4-5-15-38(27)31/h1-15,22-23,39H,16-21H2,(H,35,41). The number of ketones is 1. The van der Waals surface area contributed by atoms with Crippen LogP contribution in [0.1, 0.15) is 10.5 Å². The quantitative estimate of drug-likeness (QED) is 0.202. The first-order chi connectivity index (χ1) is 20.6. The van der Waals surface area contributed by atoms with Gasteiger partial charge in [-0.2, -0.15) is 0 Å². The molecule has 9 nitrogen and oxygen atoms in total. The van der Waals surface area contributed by atoms with Crippen molar-refractivity contribution in [1.82, 2.24) is 9.38 Å². The molecule has 1 amide bonds. The van der Waals surface area contributed by atoms with Gasteiger partial charge in [0.1, 0.15) is 23.9 Å². The molecule has 2 N–H and O–H groups in total. The number of pyridine rings is 2. The largest absolute Gasteiger partial charge is 0.491 e. The number of piperazine rings is 1. The van der Waals surface area contributed by atoms with Crippen LogP contribution in [0.2, 0.25) is 0 Å². The van der Waals surface area contributed by atoms with E-state index in [9.17, 15) is 9.59 Å². The molecule has 5 aromatic rings. The average molecular weight is 562 g/mol. The molecule has 0 atom stereocenters. The number of Topliss-reactive ketones (excluding diaryl/α,β-unsaturated/α-hetero) is 1. The van der Waals surface area contributed by atoms with Crippen LogP contribution in [0.4, 0.5) is 17.2 Å². The third-order valence-corrected chi connectivity index (χ3v) is 7.36. The smallest absolute Gasteiger partial charge is 0.298 e. The molecular formula is C33H31N5O4. The van der Waals surface area contributed by atoms with Gasteiger partial charge >= 0.3 is 0 Å². The molecule has 0 radical (unpaired) electrons. The number of fused-ring (bicyclic) bond motifs is 1. The van der Waals surface area contributed by atoms with Gasteiger partial charge in [0.05, 0.1) is 6.61 Å². The number of aliphatic hydroxyl groups excluding tert-OH is 1. The zero-order valence-corrected chi connectivity index (χ0v) is 23.0. The second-order valence-corrected chi connectivity index (χ2v) is 9.99. The van der Waals surface area contributed by atoms with Gasteiger partial charge in [-0.15, -0.1) is 0 Å². The number of aliphatic hydroxyl groups is 1. The molecule has 0 saturated carbocycles. The highest BCUT2D eigenvalue weighted by Gasteiger charge is 2.25. The van der Waals surface area contributed by atoms with Crippen molar-refractivity contribution in [3.8, 4) is 16.9 Å². The third kappa shape index (κ3) is 5.68. The Balaban J connectivity index is 1.11. The van der Waals surface area contributed by atoms with Crippen molar-refractivity contribution >= 4 is 34.4 Å². The van der Waals surface area contributed by atoms with Gasteiger partial charge in [-0.25, -0.2) is 4.98 Å². The van der Waals surface area contributed by atoms with E-state index in [1.165, 1.54) is 0 Å². The number of nitrogens with one attached hydrogen (secondary N) is 1. The van der Waals surface area contributed by atoms with Gasteiger partial charge in [0, 0.05) is 67.1 Å². The van der Waals surface area contributed by atoms with Gasteiger partial charge in [-0.3, -0.25) is 9.59 Å². The summed E-state index contributed by atoms with van der Waals surface area (Å²) in [5, 5.41) is 11.8. The first kappa shape index (κ1) is 27.0. The fourth-order valence-electron chi connectivity index (χ4n) is 5.26. The molecule has 9 heteroatoms. The summed E-state index contributed by atoms with van der Waals surface area (Å²) < 4.78 is 7.28. The van der Waals surface area contributed by atoms with Gasteiger partial charge < -0.3 is 29.4 Å². The van der Waals surface area contributed by atoms with Crippen LogP contribution in [0.5, 0.6) is 5.75 Å². The molecule has 212 valence electrons. The summed E-state index contributed by atoms with van der Waals surface area (Å²) in [4.78, 5) is 35.6. The molecule has 2 aromatic carbocycles. The molecule has 1 fully saturated rings. The number of benzene rings is 2. The zero-order valence-electron chi connectivity index (χ0n) is 23.0. The normalized spacial score (nSPS) is 13.3. The van der Waals surface area contributed by atoms with Crippen molar-refractivity contribution in [3.63, 3.8) is 0 Å². The zero-order chi connectivity index (χ0) is 28.9. The van der Waals surface area contributed by atoms with Crippen LogP contribution in [0.15, 0.2) is 103 Å². The maximum absolute atomic E-state index is 13.5. The molecule has 0 aliphatic carbocycles. The van der Waals surface area contributed by atoms with E-state index in [0.717, 1.165) is 54.3 Å². The number of hydrogen-bond acceptors (Lipinski definition) is 7. The number of aromatic nitrogens is 2. The van der Waals surface area contributed by atoms with Crippen molar-refractivity contribution in [2.75, 3.05) is 54.5 Å². The van der Waals surface area contributed by atoms with Crippen molar-refractivity contribution in [1.29, 1.82) is 0 Å². The molecule has 0 bridgehead atoms. The van der Waals surface area contributed by atoms with Crippen LogP contribution < -0.4 is 19.9 Å². The van der Waals surface area contributed by atoms with Crippen molar-refractivity contribution in [2.45, 2.75) is 0 Å². The maximum Gasteiger partial charge on any atom is 0.298 e. The van der Waals surface area contributed by atoms with E-state index in [1.807, 2.05) is 84.9 Å². The van der Waals surface area contributed by atoms with Gasteiger partial charge in [0.15, 0.2) is 0 Å². The molecule has 1 saturated heterocycles. The summed E-state index contributed by atoms with van der Waals surface area (Å²) in [5.41, 5.74) is 4.37. The fourth-order valence-corrected chi connectivity index (χ4v) is 5.26. The summed E-state index contributed by atoms with van der Waals surface area (Å²) in [5.74, 6) is 0.253. The highest BCUT2D eigenvalue weighted by atomic mass is 16.5. The molecule has 1 aliphatic rings. The van der Waals surface area contributed by atoms with Gasteiger partial charge in [0.25, 0.3) is 11.7 Å². The first-order valence-electron chi connectivity index (χ1n) is 13.9. The lowest BCUT2D eigenvalue weighted by molar-refractivity contribution is -0.112. The Morgan fingerprint density at radius 1 is 0.857 bits per heavy atom. The summed E-state index contributed by atoms with van der Waals surface area (Å²) in [6.07, 6.45) is 3.52. The highest BCUT2D eigenvalue weighted by Crippen LogP contribution is 2.29. The fraction of sp³-hybridized carbons (Fsp3) is 0.182. The van der Waals surface area contributed by atoms with Crippen LogP contribution >= 0.6 is 0 Å². The predicted octanol–water partition coefficient (Wildman–Crippen LogP) is 4.52. The Hall–Kier alpha value is -5.15. The summed E-state index contributed by atoms with van der Waals surface area (Å²) in [6, 6.07) is 28.5. The lowest BCUT2D eigenvalue weighted by Gasteiger charge is -2.36. The number of nitrogens with zero attached hydrogens (tertiary/aromatic N) is 4. The van der Waals surface area contributed by atoms with Crippen molar-refractivity contribution < 1.29 is 19.4 Å². The number of rotatable bonds is 9. The van der Waals surface area contributed by atoms with Gasteiger partial charge in [0.2, 0.25) is 0 Å². The van der Waals surface area contributed by atoms with Gasteiger partial charge in [-0.1, -0.05) is 36.4 Å². The first-order valence-corrected chi connectivity index (χ1v) is 13.9. The molecule has 0 unspecified atom stereocenters. The Labute approximate surface area is 243 Å². The van der Waals surface area contributed by atoms with Gasteiger partial charge in [-0.05, 0) is 54.1 Å². The van der Waals surface area contributed by atoms with Crippen LogP contribution in [-0.4, -0.2) is 65.6 Å². The van der Waals surface area contributed by atoms with Crippen molar-refractivity contribution in [2.24, 2.45) is 0 Å². The van der Waals surface area contributed by atoms with E-state index in [-0.39, 0.29) is 13.2 Å². The number of ether oxygens (including phenoxy) is 1. The number of carbonyl (C=O) groups excluding carboxylic acids is 2. The van der Waals surface area contributed by atoms with E-state index in [1.54, 1.807) is 22.9 Å². The number of anilines is 3. The molecule has 42 heavy (non-hydrogen) atoms. The SMILES string of the molecule is O=C(Nc1ccc(N2CCN(c3cc(OCCO)ccn3)CC2)cc1)C(=O)c1c(-c2ccccc2)cc2ccccn12. The molecule has 4 heterocycles. The lowest BCUT2D eigenvalue weighted by Crippen LogP contribution is -2.46. The predicted molar refractivity (Wildman–Crippen MR) is 163 cm³/mol. The third-order valence-electron chi connectivity index (χ3n) is 7.36. The van der Waals surface area contributed by atoms with E-state index in [4.69, 9.17) is 9.84 Å². The van der Waals surface area contributed by atoms with Crippen LogP contribution in [0.25, 0.3) is 16.6 Å². The second-order valence-electron chi connectivity index (χ2n) is 9.99. The van der Waals surface area contributed by atoms with E-state index >= 15 is 0 Å². The maximum atomic E-state index is 13.5. The lowest BCUT2D eigenvalue weighted by atomic mass is 10.0. The summed E-state index contributed by atoms with van der Waals surface area (Å²) >= 11 is 0. The number of carbonyl (C=O) groups is 2. The van der Waals surface area contributed by atoms with Crippen molar-refractivity contribution in [3.05, 3.63) is 109 Å². The minimum Gasteiger partial charge on any atom is -0.491 e. The number of amides is 1. The Bertz CT molecular complexity index is 1690. The Kier molecular flexibility index (Phi) is 7.83. The monoisotopic (exact) mass is 561 g/mol. The summed E-state index contributed by atoms with van der Waals surface area (Å²) in [6.45, 7) is 3.40. The topological polar surface area (TPSA) is 99.4 Å². The van der Waals surface area contributed by atoms with Crippen LogP contribution in [0.3, 0.4) is 0 Å². The molecule has 3 aromatic heterocycles.